The molecular weight excluding hydrogens is 360 g/mol. The first kappa shape index (κ1) is 19.3. The van der Waals surface area contributed by atoms with E-state index in [1.807, 2.05) is 38.1 Å². The maximum atomic E-state index is 12.3. The molecule has 144 valence electrons. The number of hydrogen-bond donors (Lipinski definition) is 0. The van der Waals surface area contributed by atoms with Crippen LogP contribution in [0.1, 0.15) is 37.0 Å². The van der Waals surface area contributed by atoms with Gasteiger partial charge in [-0.05, 0) is 38.5 Å². The van der Waals surface area contributed by atoms with E-state index < -0.39 is 10.9 Å². The lowest BCUT2D eigenvalue weighted by atomic mass is 10.1. The molecule has 1 aliphatic rings. The van der Waals surface area contributed by atoms with Gasteiger partial charge in [-0.25, -0.2) is 9.79 Å². The number of hydrogen-bond acceptors (Lipinski definition) is 6. The van der Waals surface area contributed by atoms with Crippen molar-refractivity contribution >= 4 is 23.6 Å². The Bertz CT molecular complexity index is 994. The molecule has 0 N–H and O–H groups in total. The van der Waals surface area contributed by atoms with Gasteiger partial charge in [-0.1, -0.05) is 31.2 Å². The minimum absolute atomic E-state index is 0.0299. The summed E-state index contributed by atoms with van der Waals surface area (Å²) in [6, 6.07) is 11.9. The van der Waals surface area contributed by atoms with Crippen LogP contribution in [-0.4, -0.2) is 22.9 Å². The SMILES string of the molecule is CCC(C)Oc1ccccc1/C=C1\N=C(c2ccc(C)c([N+](=O)[O-])c2)OC1=O. The maximum absolute atomic E-state index is 12.3. The molecule has 7 nitrogen and oxygen atoms in total. The van der Waals surface area contributed by atoms with Gasteiger partial charge in [-0.3, -0.25) is 10.1 Å². The fourth-order valence-corrected chi connectivity index (χ4v) is 2.63. The first-order chi connectivity index (χ1) is 13.4. The summed E-state index contributed by atoms with van der Waals surface area (Å²) in [4.78, 5) is 27.2. The van der Waals surface area contributed by atoms with Gasteiger partial charge in [-0.2, -0.15) is 0 Å². The summed E-state index contributed by atoms with van der Waals surface area (Å²) < 4.78 is 11.1. The van der Waals surface area contributed by atoms with Crippen LogP contribution in [0.5, 0.6) is 5.75 Å². The van der Waals surface area contributed by atoms with Crippen molar-refractivity contribution in [2.45, 2.75) is 33.3 Å². The molecule has 2 aromatic rings. The number of ether oxygens (including phenoxy) is 2. The van der Waals surface area contributed by atoms with Gasteiger partial charge in [0.15, 0.2) is 5.70 Å². The number of carbonyl (C=O) groups excluding carboxylic acids is 1. The van der Waals surface area contributed by atoms with Crippen LogP contribution >= 0.6 is 0 Å². The van der Waals surface area contributed by atoms with E-state index in [1.54, 1.807) is 25.1 Å². The van der Waals surface area contributed by atoms with E-state index in [1.165, 1.54) is 6.07 Å². The van der Waals surface area contributed by atoms with Gasteiger partial charge in [0.1, 0.15) is 5.75 Å². The largest absolute Gasteiger partial charge is 0.490 e. The Morgan fingerprint density at radius 3 is 2.75 bits per heavy atom. The van der Waals surface area contributed by atoms with Gasteiger partial charge in [0.2, 0.25) is 5.90 Å². The van der Waals surface area contributed by atoms with E-state index in [0.29, 0.717) is 22.4 Å². The van der Waals surface area contributed by atoms with Crippen molar-refractivity contribution in [3.8, 4) is 5.75 Å². The first-order valence-electron chi connectivity index (χ1n) is 8.92. The first-order valence-corrected chi connectivity index (χ1v) is 8.92. The summed E-state index contributed by atoms with van der Waals surface area (Å²) in [6.45, 7) is 5.63. The molecule has 0 radical (unpaired) electrons. The molecule has 0 amide bonds. The number of nitro benzene ring substituents is 1. The zero-order valence-electron chi connectivity index (χ0n) is 15.8. The zero-order valence-corrected chi connectivity index (χ0v) is 15.8. The highest BCUT2D eigenvalue weighted by Gasteiger charge is 2.26. The predicted molar refractivity (Wildman–Crippen MR) is 105 cm³/mol. The third-order valence-electron chi connectivity index (χ3n) is 4.39. The normalized spacial score (nSPS) is 15.9. The zero-order chi connectivity index (χ0) is 20.3. The number of aryl methyl sites for hydroxylation is 1. The van der Waals surface area contributed by atoms with Crippen molar-refractivity contribution in [2.24, 2.45) is 4.99 Å². The Balaban J connectivity index is 1.95. The quantitative estimate of drug-likeness (QED) is 0.320. The van der Waals surface area contributed by atoms with Crippen LogP contribution in [0.3, 0.4) is 0 Å². The molecule has 0 saturated heterocycles. The minimum atomic E-state index is -0.614. The summed E-state index contributed by atoms with van der Waals surface area (Å²) in [6.07, 6.45) is 2.47. The topological polar surface area (TPSA) is 91.0 Å². The molecule has 0 aliphatic carbocycles. The van der Waals surface area contributed by atoms with Crippen LogP contribution in [0.25, 0.3) is 6.08 Å². The summed E-state index contributed by atoms with van der Waals surface area (Å²) in [5, 5.41) is 11.1. The van der Waals surface area contributed by atoms with E-state index in [4.69, 9.17) is 9.47 Å². The molecular formula is C21H20N2O5. The number of cyclic esters (lactones) is 1. The standard InChI is InChI=1S/C21H20N2O5/c1-4-14(3)27-19-8-6-5-7-15(19)11-17-21(24)28-20(22-17)16-10-9-13(2)18(12-16)23(25)26/h5-12,14H,4H2,1-3H3/b17-11-. The molecule has 3 rings (SSSR count). The summed E-state index contributed by atoms with van der Waals surface area (Å²) in [5.74, 6) is 0.0722. The van der Waals surface area contributed by atoms with Crippen molar-refractivity contribution in [1.29, 1.82) is 0 Å². The molecule has 1 atom stereocenters. The Kier molecular flexibility index (Phi) is 5.54. The fraction of sp³-hybridized carbons (Fsp3) is 0.238. The van der Waals surface area contributed by atoms with Crippen molar-refractivity contribution in [2.75, 3.05) is 0 Å². The Morgan fingerprint density at radius 2 is 2.04 bits per heavy atom. The molecule has 7 heteroatoms. The Morgan fingerprint density at radius 1 is 1.29 bits per heavy atom. The highest BCUT2D eigenvalue weighted by atomic mass is 16.6. The molecule has 1 unspecified atom stereocenters. The molecule has 0 aromatic heterocycles. The van der Waals surface area contributed by atoms with Gasteiger partial charge in [0.25, 0.3) is 5.69 Å². The van der Waals surface area contributed by atoms with Gasteiger partial charge in [0, 0.05) is 22.8 Å². The third-order valence-corrected chi connectivity index (χ3v) is 4.39. The second-order valence-corrected chi connectivity index (χ2v) is 6.47. The minimum Gasteiger partial charge on any atom is -0.490 e. The third kappa shape index (κ3) is 4.09. The monoisotopic (exact) mass is 380 g/mol. The smallest absolute Gasteiger partial charge is 0.363 e. The van der Waals surface area contributed by atoms with Gasteiger partial charge in [0.05, 0.1) is 11.0 Å². The Hall–Kier alpha value is -3.48. The van der Waals surface area contributed by atoms with Crippen molar-refractivity contribution in [3.63, 3.8) is 0 Å². The second-order valence-electron chi connectivity index (χ2n) is 6.47. The lowest BCUT2D eigenvalue weighted by molar-refractivity contribution is -0.385. The van der Waals surface area contributed by atoms with Crippen LogP contribution in [0.2, 0.25) is 0 Å². The molecule has 0 bridgehead atoms. The predicted octanol–water partition coefficient (Wildman–Crippen LogP) is 4.43. The number of carbonyl (C=O) groups is 1. The van der Waals surface area contributed by atoms with E-state index in [2.05, 4.69) is 4.99 Å². The van der Waals surface area contributed by atoms with Crippen molar-refractivity contribution in [3.05, 3.63) is 75.0 Å². The number of para-hydroxylation sites is 1. The van der Waals surface area contributed by atoms with Gasteiger partial charge < -0.3 is 9.47 Å². The van der Waals surface area contributed by atoms with Gasteiger partial charge in [-0.15, -0.1) is 0 Å². The van der Waals surface area contributed by atoms with Crippen LogP contribution in [-0.2, 0) is 9.53 Å². The molecule has 1 heterocycles. The number of esters is 1. The van der Waals surface area contributed by atoms with Crippen LogP contribution in [0, 0.1) is 17.0 Å². The van der Waals surface area contributed by atoms with Crippen molar-refractivity contribution in [1.82, 2.24) is 0 Å². The number of nitro groups is 1. The van der Waals surface area contributed by atoms with E-state index >= 15 is 0 Å². The van der Waals surface area contributed by atoms with Crippen molar-refractivity contribution < 1.29 is 19.2 Å². The number of nitrogens with zero attached hydrogens (tertiary/aromatic N) is 2. The molecule has 0 spiro atoms. The lowest BCUT2D eigenvalue weighted by Gasteiger charge is -2.14. The van der Waals surface area contributed by atoms with E-state index in [-0.39, 0.29) is 23.4 Å². The summed E-state index contributed by atoms with van der Waals surface area (Å²) in [7, 11) is 0. The highest BCUT2D eigenvalue weighted by molar-refractivity contribution is 6.13. The highest BCUT2D eigenvalue weighted by Crippen LogP contribution is 2.27. The molecule has 2 aromatic carbocycles. The maximum Gasteiger partial charge on any atom is 0.363 e. The average molecular weight is 380 g/mol. The van der Waals surface area contributed by atoms with Crippen LogP contribution in [0.15, 0.2) is 53.2 Å². The number of benzene rings is 2. The summed E-state index contributed by atoms with van der Waals surface area (Å²) >= 11 is 0. The fourth-order valence-electron chi connectivity index (χ4n) is 2.63. The molecule has 28 heavy (non-hydrogen) atoms. The number of aliphatic imine (C=N–C) groups is 1. The summed E-state index contributed by atoms with van der Waals surface area (Å²) in [5.41, 5.74) is 1.65. The molecule has 0 fully saturated rings. The van der Waals surface area contributed by atoms with Crippen LogP contribution in [0.4, 0.5) is 5.69 Å². The van der Waals surface area contributed by atoms with Gasteiger partial charge >= 0.3 is 5.97 Å². The van der Waals surface area contributed by atoms with E-state index in [0.717, 1.165) is 6.42 Å². The molecule has 0 saturated carbocycles. The average Bonchev–Trinajstić information content (AvgIpc) is 3.03. The lowest BCUT2D eigenvalue weighted by Crippen LogP contribution is -2.10. The van der Waals surface area contributed by atoms with E-state index in [9.17, 15) is 14.9 Å². The van der Waals surface area contributed by atoms with Crippen LogP contribution < -0.4 is 4.74 Å². The number of rotatable bonds is 6. The molecule has 1 aliphatic heterocycles. The second kappa shape index (κ2) is 8.04. The Labute approximate surface area is 162 Å².